The molecule has 1 aliphatic rings. The Labute approximate surface area is 109 Å². The monoisotopic (exact) mass is 253 g/mol. The number of furan rings is 1. The summed E-state index contributed by atoms with van der Waals surface area (Å²) >= 11 is 1.89. The molecule has 0 aliphatic heterocycles. The van der Waals surface area contributed by atoms with Gasteiger partial charge in [-0.3, -0.25) is 0 Å². The van der Waals surface area contributed by atoms with E-state index in [1.54, 1.807) is 6.26 Å². The van der Waals surface area contributed by atoms with Gasteiger partial charge < -0.3 is 9.73 Å². The molecule has 0 spiro atoms. The third kappa shape index (κ3) is 4.07. The van der Waals surface area contributed by atoms with E-state index < -0.39 is 0 Å². The van der Waals surface area contributed by atoms with E-state index in [1.807, 2.05) is 18.7 Å². The molecule has 0 atom stereocenters. The average molecular weight is 253 g/mol. The standard InChI is InChI=1S/C14H23NOS/c1-11-3-5-13(6-4-11)15-8-10-17-14-7-9-16-12(14)2/h7,9,11,13,15H,3-6,8,10H2,1-2H3. The van der Waals surface area contributed by atoms with Crippen molar-refractivity contribution < 1.29 is 4.42 Å². The third-order valence-electron chi connectivity index (χ3n) is 3.62. The Morgan fingerprint density at radius 3 is 2.76 bits per heavy atom. The van der Waals surface area contributed by atoms with Crippen molar-refractivity contribution in [2.24, 2.45) is 5.92 Å². The topological polar surface area (TPSA) is 25.2 Å². The lowest BCUT2D eigenvalue weighted by Gasteiger charge is -2.26. The van der Waals surface area contributed by atoms with E-state index in [2.05, 4.69) is 18.3 Å². The van der Waals surface area contributed by atoms with Crippen molar-refractivity contribution in [3.05, 3.63) is 18.1 Å². The number of hydrogen-bond acceptors (Lipinski definition) is 3. The van der Waals surface area contributed by atoms with Gasteiger partial charge in [-0.05, 0) is 44.6 Å². The third-order valence-corrected chi connectivity index (χ3v) is 4.76. The highest BCUT2D eigenvalue weighted by Gasteiger charge is 2.17. The summed E-state index contributed by atoms with van der Waals surface area (Å²) in [6.45, 7) is 5.50. The maximum absolute atomic E-state index is 5.28. The van der Waals surface area contributed by atoms with Gasteiger partial charge in [-0.1, -0.05) is 6.92 Å². The Kier molecular flexibility index (Phi) is 4.99. The zero-order valence-corrected chi connectivity index (χ0v) is 11.7. The Hall–Kier alpha value is -0.410. The minimum atomic E-state index is 0.761. The Morgan fingerprint density at radius 2 is 2.12 bits per heavy atom. The molecule has 1 aromatic rings. The molecule has 0 radical (unpaired) electrons. The Balaban J connectivity index is 1.59. The zero-order chi connectivity index (χ0) is 12.1. The lowest BCUT2D eigenvalue weighted by Crippen LogP contribution is -2.34. The van der Waals surface area contributed by atoms with E-state index in [-0.39, 0.29) is 0 Å². The molecule has 96 valence electrons. The van der Waals surface area contributed by atoms with Gasteiger partial charge in [0.15, 0.2) is 0 Å². The van der Waals surface area contributed by atoms with Crippen molar-refractivity contribution in [3.63, 3.8) is 0 Å². The first-order chi connectivity index (χ1) is 8.25. The molecule has 1 aromatic heterocycles. The summed E-state index contributed by atoms with van der Waals surface area (Å²) in [6.07, 6.45) is 7.28. The van der Waals surface area contributed by atoms with Crippen molar-refractivity contribution >= 4 is 11.8 Å². The van der Waals surface area contributed by atoms with Gasteiger partial charge in [0.2, 0.25) is 0 Å². The Bertz CT molecular complexity index is 329. The first kappa shape index (κ1) is 13.0. The van der Waals surface area contributed by atoms with Crippen LogP contribution in [-0.4, -0.2) is 18.3 Å². The van der Waals surface area contributed by atoms with Crippen molar-refractivity contribution in [2.45, 2.75) is 50.5 Å². The molecule has 0 unspecified atom stereocenters. The fraction of sp³-hybridized carbons (Fsp3) is 0.714. The van der Waals surface area contributed by atoms with E-state index >= 15 is 0 Å². The van der Waals surface area contributed by atoms with Crippen LogP contribution in [0.3, 0.4) is 0 Å². The summed E-state index contributed by atoms with van der Waals surface area (Å²) < 4.78 is 5.28. The van der Waals surface area contributed by atoms with Gasteiger partial charge >= 0.3 is 0 Å². The van der Waals surface area contributed by atoms with Gasteiger partial charge in [0.1, 0.15) is 5.76 Å². The zero-order valence-electron chi connectivity index (χ0n) is 10.9. The molecule has 1 aliphatic carbocycles. The molecule has 1 fully saturated rings. The van der Waals surface area contributed by atoms with Crippen LogP contribution in [0.2, 0.25) is 0 Å². The smallest absolute Gasteiger partial charge is 0.114 e. The van der Waals surface area contributed by atoms with Gasteiger partial charge in [-0.15, -0.1) is 11.8 Å². The maximum Gasteiger partial charge on any atom is 0.114 e. The average Bonchev–Trinajstić information content (AvgIpc) is 2.73. The largest absolute Gasteiger partial charge is 0.468 e. The van der Waals surface area contributed by atoms with Gasteiger partial charge in [-0.25, -0.2) is 0 Å². The highest BCUT2D eigenvalue weighted by Crippen LogP contribution is 2.24. The highest BCUT2D eigenvalue weighted by atomic mass is 32.2. The van der Waals surface area contributed by atoms with Crippen LogP contribution >= 0.6 is 11.8 Å². The van der Waals surface area contributed by atoms with Crippen LogP contribution in [-0.2, 0) is 0 Å². The number of thioether (sulfide) groups is 1. The van der Waals surface area contributed by atoms with Crippen molar-refractivity contribution in [1.82, 2.24) is 5.32 Å². The second-order valence-corrected chi connectivity index (χ2v) is 6.24. The van der Waals surface area contributed by atoms with Crippen molar-refractivity contribution in [1.29, 1.82) is 0 Å². The normalized spacial score (nSPS) is 25.1. The quantitative estimate of drug-likeness (QED) is 0.637. The van der Waals surface area contributed by atoms with E-state index in [0.29, 0.717) is 0 Å². The fourth-order valence-electron chi connectivity index (χ4n) is 2.41. The first-order valence-electron chi connectivity index (χ1n) is 6.66. The number of nitrogens with one attached hydrogen (secondary N) is 1. The molecular formula is C14H23NOS. The van der Waals surface area contributed by atoms with Crippen LogP contribution in [0.25, 0.3) is 0 Å². The summed E-state index contributed by atoms with van der Waals surface area (Å²) in [5.74, 6) is 3.12. The molecule has 0 saturated heterocycles. The Morgan fingerprint density at radius 1 is 1.35 bits per heavy atom. The second-order valence-electron chi connectivity index (χ2n) is 5.10. The summed E-state index contributed by atoms with van der Waals surface area (Å²) in [7, 11) is 0. The molecule has 1 N–H and O–H groups in total. The van der Waals surface area contributed by atoms with Crippen LogP contribution in [0.4, 0.5) is 0 Å². The predicted octanol–water partition coefficient (Wildman–Crippen LogP) is 3.85. The van der Waals surface area contributed by atoms with E-state index in [1.165, 1.54) is 30.6 Å². The van der Waals surface area contributed by atoms with Gasteiger partial charge in [0.25, 0.3) is 0 Å². The van der Waals surface area contributed by atoms with Crippen molar-refractivity contribution in [2.75, 3.05) is 12.3 Å². The van der Waals surface area contributed by atoms with Gasteiger partial charge in [0.05, 0.1) is 6.26 Å². The summed E-state index contributed by atoms with van der Waals surface area (Å²) in [4.78, 5) is 1.28. The molecule has 1 heterocycles. The minimum Gasteiger partial charge on any atom is -0.468 e. The predicted molar refractivity (Wildman–Crippen MR) is 73.6 cm³/mol. The van der Waals surface area contributed by atoms with Crippen LogP contribution in [0, 0.1) is 12.8 Å². The molecule has 1 saturated carbocycles. The van der Waals surface area contributed by atoms with Crippen LogP contribution < -0.4 is 5.32 Å². The van der Waals surface area contributed by atoms with Crippen LogP contribution in [0.5, 0.6) is 0 Å². The number of rotatable bonds is 5. The molecule has 0 aromatic carbocycles. The molecule has 17 heavy (non-hydrogen) atoms. The van der Waals surface area contributed by atoms with Gasteiger partial charge in [-0.2, -0.15) is 0 Å². The van der Waals surface area contributed by atoms with Crippen LogP contribution in [0.1, 0.15) is 38.4 Å². The van der Waals surface area contributed by atoms with Gasteiger partial charge in [0, 0.05) is 23.2 Å². The number of hydrogen-bond donors (Lipinski definition) is 1. The summed E-state index contributed by atoms with van der Waals surface area (Å²) in [5.41, 5.74) is 0. The molecule has 3 heteroatoms. The number of aryl methyl sites for hydroxylation is 1. The SMILES string of the molecule is Cc1occc1SCCNC1CCC(C)CC1. The lowest BCUT2D eigenvalue weighted by atomic mass is 9.87. The molecule has 2 rings (SSSR count). The van der Waals surface area contributed by atoms with E-state index in [9.17, 15) is 0 Å². The van der Waals surface area contributed by atoms with Crippen LogP contribution in [0.15, 0.2) is 21.6 Å². The maximum atomic E-state index is 5.28. The second kappa shape index (κ2) is 6.50. The van der Waals surface area contributed by atoms with E-state index in [0.717, 1.165) is 30.0 Å². The molecule has 0 bridgehead atoms. The van der Waals surface area contributed by atoms with E-state index in [4.69, 9.17) is 4.42 Å². The minimum absolute atomic E-state index is 0.761. The molecule has 0 amide bonds. The fourth-order valence-corrected chi connectivity index (χ4v) is 3.25. The van der Waals surface area contributed by atoms with Crippen molar-refractivity contribution in [3.8, 4) is 0 Å². The highest BCUT2D eigenvalue weighted by molar-refractivity contribution is 7.99. The molecular weight excluding hydrogens is 230 g/mol. The lowest BCUT2D eigenvalue weighted by molar-refractivity contribution is 0.312. The molecule has 2 nitrogen and oxygen atoms in total. The summed E-state index contributed by atoms with van der Waals surface area (Å²) in [5, 5.41) is 3.67. The first-order valence-corrected chi connectivity index (χ1v) is 7.64. The summed E-state index contributed by atoms with van der Waals surface area (Å²) in [6, 6.07) is 2.82.